The van der Waals surface area contributed by atoms with Crippen LogP contribution in [0.15, 0.2) is 73.3 Å². The fourth-order valence-corrected chi connectivity index (χ4v) is 3.23. The maximum Gasteiger partial charge on any atom is 0.222 e. The molecule has 2 rings (SSSR count). The third-order valence-corrected chi connectivity index (χ3v) is 4.63. The minimum atomic E-state index is -0.837. The predicted molar refractivity (Wildman–Crippen MR) is 101 cm³/mol. The number of nitriles is 1. The second-order valence-electron chi connectivity index (χ2n) is 6.40. The van der Waals surface area contributed by atoms with Gasteiger partial charge in [-0.15, -0.1) is 6.58 Å². The molecule has 0 unspecified atom stereocenters. The average Bonchev–Trinajstić information content (AvgIpc) is 2.65. The van der Waals surface area contributed by atoms with Crippen LogP contribution in [-0.4, -0.2) is 24.9 Å². The summed E-state index contributed by atoms with van der Waals surface area (Å²) in [6.07, 6.45) is 2.52. The highest BCUT2D eigenvalue weighted by Gasteiger charge is 2.42. The molecule has 0 saturated carbocycles. The van der Waals surface area contributed by atoms with E-state index in [0.29, 0.717) is 6.42 Å². The summed E-state index contributed by atoms with van der Waals surface area (Å²) in [7, 11) is 3.49. The predicted octanol–water partition coefficient (Wildman–Crippen LogP) is 4.29. The number of nitrogens with zero attached hydrogens (tertiary/aromatic N) is 2. The molecule has 2 aromatic rings. The van der Waals surface area contributed by atoms with E-state index in [-0.39, 0.29) is 18.2 Å². The van der Waals surface area contributed by atoms with Crippen LogP contribution in [0.2, 0.25) is 0 Å². The Bertz CT molecular complexity index is 747. The van der Waals surface area contributed by atoms with Gasteiger partial charge in [0.2, 0.25) is 5.91 Å². The molecule has 0 bridgehead atoms. The SMILES string of the molecule is C=CC[C@](C#N)(c1ccccc1)[C@H](CC(=O)N(C)C)c1ccccc1. The van der Waals surface area contributed by atoms with Crippen molar-refractivity contribution in [3.63, 3.8) is 0 Å². The summed E-state index contributed by atoms with van der Waals surface area (Å²) >= 11 is 0. The summed E-state index contributed by atoms with van der Waals surface area (Å²) in [5, 5.41) is 10.2. The van der Waals surface area contributed by atoms with Crippen molar-refractivity contribution in [1.82, 2.24) is 4.90 Å². The maximum atomic E-state index is 12.5. The Balaban J connectivity index is 2.63. The van der Waals surface area contributed by atoms with Crippen molar-refractivity contribution in [2.24, 2.45) is 0 Å². The Labute approximate surface area is 150 Å². The van der Waals surface area contributed by atoms with E-state index in [1.54, 1.807) is 25.1 Å². The van der Waals surface area contributed by atoms with E-state index in [1.807, 2.05) is 60.7 Å². The molecular formula is C22H24N2O. The Hall–Kier alpha value is -2.86. The monoisotopic (exact) mass is 332 g/mol. The fraction of sp³-hybridized carbons (Fsp3) is 0.273. The molecule has 0 aromatic heterocycles. The molecule has 3 nitrogen and oxygen atoms in total. The van der Waals surface area contributed by atoms with Crippen LogP contribution in [0.3, 0.4) is 0 Å². The highest BCUT2D eigenvalue weighted by atomic mass is 16.2. The smallest absolute Gasteiger partial charge is 0.222 e. The Morgan fingerprint density at radius 1 is 1.16 bits per heavy atom. The molecule has 0 spiro atoms. The Morgan fingerprint density at radius 3 is 2.20 bits per heavy atom. The van der Waals surface area contributed by atoms with Crippen molar-refractivity contribution in [3.8, 4) is 6.07 Å². The number of hydrogen-bond acceptors (Lipinski definition) is 2. The number of carbonyl (C=O) groups excluding carboxylic acids is 1. The topological polar surface area (TPSA) is 44.1 Å². The molecule has 0 aliphatic heterocycles. The van der Waals surface area contributed by atoms with Crippen LogP contribution in [0.1, 0.15) is 29.9 Å². The first-order valence-corrected chi connectivity index (χ1v) is 8.38. The molecule has 0 aliphatic carbocycles. The van der Waals surface area contributed by atoms with Gasteiger partial charge in [0.1, 0.15) is 0 Å². The second kappa shape index (κ2) is 8.30. The lowest BCUT2D eigenvalue weighted by atomic mass is 9.65. The van der Waals surface area contributed by atoms with Crippen LogP contribution in [0, 0.1) is 11.3 Å². The van der Waals surface area contributed by atoms with Crippen LogP contribution < -0.4 is 0 Å². The number of carbonyl (C=O) groups is 1. The van der Waals surface area contributed by atoms with Gasteiger partial charge in [0.15, 0.2) is 0 Å². The molecule has 2 aromatic carbocycles. The van der Waals surface area contributed by atoms with E-state index in [0.717, 1.165) is 11.1 Å². The van der Waals surface area contributed by atoms with Gasteiger partial charge in [0.05, 0.1) is 11.5 Å². The van der Waals surface area contributed by atoms with Gasteiger partial charge in [-0.05, 0) is 17.5 Å². The van der Waals surface area contributed by atoms with E-state index in [2.05, 4.69) is 12.6 Å². The summed E-state index contributed by atoms with van der Waals surface area (Å²) in [4.78, 5) is 14.1. The van der Waals surface area contributed by atoms with Crippen molar-refractivity contribution in [2.45, 2.75) is 24.2 Å². The maximum absolute atomic E-state index is 12.5. The fourth-order valence-electron chi connectivity index (χ4n) is 3.23. The van der Waals surface area contributed by atoms with Crippen LogP contribution in [0.4, 0.5) is 0 Å². The highest BCUT2D eigenvalue weighted by Crippen LogP contribution is 2.44. The summed E-state index contributed by atoms with van der Waals surface area (Å²) in [6, 6.07) is 22.1. The molecule has 3 heteroatoms. The molecule has 0 heterocycles. The van der Waals surface area contributed by atoms with Gasteiger partial charge in [0.25, 0.3) is 0 Å². The zero-order valence-corrected chi connectivity index (χ0v) is 14.9. The normalized spacial score (nSPS) is 14.0. The first-order valence-electron chi connectivity index (χ1n) is 8.38. The van der Waals surface area contributed by atoms with E-state index in [9.17, 15) is 10.1 Å². The number of rotatable bonds is 7. The number of amides is 1. The van der Waals surface area contributed by atoms with Crippen LogP contribution in [-0.2, 0) is 10.2 Å². The van der Waals surface area contributed by atoms with Gasteiger partial charge in [-0.2, -0.15) is 5.26 Å². The Morgan fingerprint density at radius 2 is 1.72 bits per heavy atom. The molecule has 0 radical (unpaired) electrons. The molecule has 25 heavy (non-hydrogen) atoms. The molecule has 0 aliphatic rings. The van der Waals surface area contributed by atoms with E-state index in [4.69, 9.17) is 0 Å². The van der Waals surface area contributed by atoms with Gasteiger partial charge in [-0.3, -0.25) is 4.79 Å². The standard InChI is InChI=1S/C22H24N2O/c1-4-15-22(17-23,19-13-9-6-10-14-19)20(16-21(25)24(2)3)18-11-7-5-8-12-18/h4-14,20H,1,15-16H2,2-3H3/t20-,22+/m1/s1. The van der Waals surface area contributed by atoms with Gasteiger partial charge in [0, 0.05) is 26.4 Å². The second-order valence-corrected chi connectivity index (χ2v) is 6.40. The number of hydrogen-bond donors (Lipinski definition) is 0. The third-order valence-electron chi connectivity index (χ3n) is 4.63. The Kier molecular flexibility index (Phi) is 6.14. The van der Waals surface area contributed by atoms with E-state index in [1.165, 1.54) is 0 Å². The van der Waals surface area contributed by atoms with Crippen LogP contribution in [0.25, 0.3) is 0 Å². The number of benzene rings is 2. The van der Waals surface area contributed by atoms with Crippen LogP contribution in [0.5, 0.6) is 0 Å². The van der Waals surface area contributed by atoms with Crippen molar-refractivity contribution < 1.29 is 4.79 Å². The summed E-state index contributed by atoms with van der Waals surface area (Å²) in [5.41, 5.74) is 1.07. The summed E-state index contributed by atoms with van der Waals surface area (Å²) in [5.74, 6) is -0.248. The van der Waals surface area contributed by atoms with Crippen molar-refractivity contribution in [3.05, 3.63) is 84.4 Å². The van der Waals surface area contributed by atoms with E-state index >= 15 is 0 Å². The third kappa shape index (κ3) is 3.97. The molecule has 128 valence electrons. The van der Waals surface area contributed by atoms with Crippen molar-refractivity contribution in [1.29, 1.82) is 5.26 Å². The zero-order chi connectivity index (χ0) is 18.3. The number of allylic oxidation sites excluding steroid dienone is 1. The minimum absolute atomic E-state index is 0.00784. The van der Waals surface area contributed by atoms with Crippen molar-refractivity contribution in [2.75, 3.05) is 14.1 Å². The first kappa shape index (κ1) is 18.5. The zero-order valence-electron chi connectivity index (χ0n) is 14.9. The van der Waals surface area contributed by atoms with Gasteiger partial charge < -0.3 is 4.90 Å². The van der Waals surface area contributed by atoms with E-state index < -0.39 is 5.41 Å². The summed E-state index contributed by atoms with van der Waals surface area (Å²) < 4.78 is 0. The minimum Gasteiger partial charge on any atom is -0.349 e. The lowest BCUT2D eigenvalue weighted by molar-refractivity contribution is -0.129. The lowest BCUT2D eigenvalue weighted by Crippen LogP contribution is -2.36. The molecule has 0 N–H and O–H groups in total. The average molecular weight is 332 g/mol. The molecule has 0 fully saturated rings. The lowest BCUT2D eigenvalue weighted by Gasteiger charge is -2.35. The van der Waals surface area contributed by atoms with Gasteiger partial charge in [-0.25, -0.2) is 0 Å². The molecule has 2 atom stereocenters. The largest absolute Gasteiger partial charge is 0.349 e. The van der Waals surface area contributed by atoms with Crippen molar-refractivity contribution >= 4 is 5.91 Å². The first-order chi connectivity index (χ1) is 12.0. The van der Waals surface area contributed by atoms with Crippen LogP contribution >= 0.6 is 0 Å². The van der Waals surface area contributed by atoms with Gasteiger partial charge in [-0.1, -0.05) is 66.7 Å². The molecule has 0 saturated heterocycles. The highest BCUT2D eigenvalue weighted by molar-refractivity contribution is 5.77. The molecular weight excluding hydrogens is 308 g/mol. The quantitative estimate of drug-likeness (QED) is 0.710. The molecule has 1 amide bonds. The summed E-state index contributed by atoms with van der Waals surface area (Å²) in [6.45, 7) is 3.86. The van der Waals surface area contributed by atoms with Gasteiger partial charge >= 0.3 is 0 Å².